The van der Waals surface area contributed by atoms with Crippen molar-refractivity contribution in [3.8, 4) is 0 Å². The van der Waals surface area contributed by atoms with Crippen LogP contribution in [0, 0.1) is 6.92 Å². The summed E-state index contributed by atoms with van der Waals surface area (Å²) in [6, 6.07) is 15.5. The Balaban J connectivity index is 1.66. The van der Waals surface area contributed by atoms with E-state index in [1.165, 1.54) is 5.56 Å². The molecule has 0 aliphatic carbocycles. The highest BCUT2D eigenvalue weighted by Crippen LogP contribution is 2.11. The van der Waals surface area contributed by atoms with Gasteiger partial charge in [0.15, 0.2) is 0 Å². The molecule has 0 atom stereocenters. The molecule has 2 aromatic carbocycles. The van der Waals surface area contributed by atoms with Crippen LogP contribution < -0.4 is 20.9 Å². The first-order chi connectivity index (χ1) is 12.4. The normalized spacial score (nSPS) is 10.1. The second-order valence-electron chi connectivity index (χ2n) is 6.36. The van der Waals surface area contributed by atoms with E-state index in [1.54, 1.807) is 0 Å². The van der Waals surface area contributed by atoms with Gasteiger partial charge < -0.3 is 20.9 Å². The lowest BCUT2D eigenvalue weighted by Gasteiger charge is -2.13. The number of anilines is 1. The Morgan fingerprint density at radius 2 is 1.35 bits per heavy atom. The molecule has 0 unspecified atom stereocenters. The van der Waals surface area contributed by atoms with Gasteiger partial charge in [0.25, 0.3) is 0 Å². The lowest BCUT2D eigenvalue weighted by molar-refractivity contribution is -0.120. The first-order valence-corrected chi connectivity index (χ1v) is 8.54. The van der Waals surface area contributed by atoms with E-state index < -0.39 is 0 Å². The molecule has 0 heterocycles. The molecule has 3 N–H and O–H groups in total. The minimum Gasteiger partial charge on any atom is -0.378 e. The molecule has 0 saturated carbocycles. The summed E-state index contributed by atoms with van der Waals surface area (Å²) in [7, 11) is 3.96. The Morgan fingerprint density at radius 3 is 1.92 bits per heavy atom. The van der Waals surface area contributed by atoms with Crippen LogP contribution in [0.1, 0.15) is 16.7 Å². The fourth-order valence-electron chi connectivity index (χ4n) is 2.29. The number of aryl methyl sites for hydroxylation is 1. The Kier molecular flexibility index (Phi) is 7.02. The van der Waals surface area contributed by atoms with E-state index in [1.807, 2.05) is 74.4 Å². The van der Waals surface area contributed by atoms with Gasteiger partial charge in [-0.3, -0.25) is 4.79 Å². The molecule has 6 heteroatoms. The summed E-state index contributed by atoms with van der Waals surface area (Å²) in [4.78, 5) is 25.6. The number of nitrogens with zero attached hydrogens (tertiary/aromatic N) is 1. The molecule has 0 aromatic heterocycles. The molecule has 0 fully saturated rings. The molecule has 2 rings (SSSR count). The van der Waals surface area contributed by atoms with Gasteiger partial charge in [-0.1, -0.05) is 42.0 Å². The Morgan fingerprint density at radius 1 is 0.808 bits per heavy atom. The molecular formula is C20H26N4O2. The molecule has 138 valence electrons. The third-order valence-corrected chi connectivity index (χ3v) is 3.93. The number of benzene rings is 2. The highest BCUT2D eigenvalue weighted by atomic mass is 16.2. The zero-order valence-corrected chi connectivity index (χ0v) is 15.5. The van der Waals surface area contributed by atoms with Crippen LogP contribution in [0.3, 0.4) is 0 Å². The second-order valence-corrected chi connectivity index (χ2v) is 6.36. The average Bonchev–Trinajstić information content (AvgIpc) is 2.64. The molecule has 0 radical (unpaired) electrons. The van der Waals surface area contributed by atoms with Gasteiger partial charge in [-0.2, -0.15) is 0 Å². The van der Waals surface area contributed by atoms with Gasteiger partial charge in [0.1, 0.15) is 0 Å². The van der Waals surface area contributed by atoms with Crippen molar-refractivity contribution in [3.05, 3.63) is 65.2 Å². The van der Waals surface area contributed by atoms with Gasteiger partial charge in [-0.25, -0.2) is 4.79 Å². The van der Waals surface area contributed by atoms with Crippen molar-refractivity contribution in [2.24, 2.45) is 0 Å². The van der Waals surface area contributed by atoms with Gasteiger partial charge in [0, 0.05) is 32.9 Å². The van der Waals surface area contributed by atoms with Crippen molar-refractivity contribution in [2.45, 2.75) is 20.0 Å². The number of carbonyl (C=O) groups excluding carboxylic acids is 2. The summed E-state index contributed by atoms with van der Waals surface area (Å²) in [6.45, 7) is 2.81. The van der Waals surface area contributed by atoms with Crippen LogP contribution in [0.5, 0.6) is 0 Å². The largest absolute Gasteiger partial charge is 0.378 e. The molecule has 0 aliphatic rings. The number of amides is 3. The van der Waals surface area contributed by atoms with Crippen LogP contribution in [0.2, 0.25) is 0 Å². The standard InChI is InChI=1S/C20H26N4O2/c1-15-4-6-16(7-5-15)13-22-20(26)23-14-19(25)21-12-17-8-10-18(11-9-17)24(2)3/h4-11H,12-14H2,1-3H3,(H,21,25)(H2,22,23,26). The molecule has 0 spiro atoms. The Hall–Kier alpha value is -3.02. The van der Waals surface area contributed by atoms with Crippen molar-refractivity contribution in [1.29, 1.82) is 0 Å². The minimum absolute atomic E-state index is 0.0600. The lowest BCUT2D eigenvalue weighted by atomic mass is 10.1. The van der Waals surface area contributed by atoms with E-state index in [0.717, 1.165) is 16.8 Å². The summed E-state index contributed by atoms with van der Waals surface area (Å²) < 4.78 is 0. The Labute approximate surface area is 154 Å². The van der Waals surface area contributed by atoms with Gasteiger partial charge in [0.05, 0.1) is 6.54 Å². The number of hydrogen-bond acceptors (Lipinski definition) is 3. The van der Waals surface area contributed by atoms with E-state index in [0.29, 0.717) is 13.1 Å². The van der Waals surface area contributed by atoms with E-state index in [4.69, 9.17) is 0 Å². The maximum absolute atomic E-state index is 11.8. The summed E-state index contributed by atoms with van der Waals surface area (Å²) in [5.74, 6) is -0.229. The second kappa shape index (κ2) is 9.46. The predicted octanol–water partition coefficient (Wildman–Crippen LogP) is 2.18. The van der Waals surface area contributed by atoms with Crippen LogP contribution in [-0.2, 0) is 17.9 Å². The van der Waals surface area contributed by atoms with Gasteiger partial charge in [-0.05, 0) is 30.2 Å². The topological polar surface area (TPSA) is 73.5 Å². The van der Waals surface area contributed by atoms with Crippen LogP contribution in [-0.4, -0.2) is 32.6 Å². The first kappa shape index (κ1) is 19.3. The van der Waals surface area contributed by atoms with Crippen molar-refractivity contribution < 1.29 is 9.59 Å². The average molecular weight is 354 g/mol. The van der Waals surface area contributed by atoms with Crippen molar-refractivity contribution in [1.82, 2.24) is 16.0 Å². The molecule has 0 bridgehead atoms. The van der Waals surface area contributed by atoms with E-state index in [9.17, 15) is 9.59 Å². The van der Waals surface area contributed by atoms with Crippen molar-refractivity contribution in [3.63, 3.8) is 0 Å². The smallest absolute Gasteiger partial charge is 0.315 e. The zero-order chi connectivity index (χ0) is 18.9. The predicted molar refractivity (Wildman–Crippen MR) is 104 cm³/mol. The quantitative estimate of drug-likeness (QED) is 0.713. The molecule has 0 saturated heterocycles. The monoisotopic (exact) mass is 354 g/mol. The van der Waals surface area contributed by atoms with E-state index in [-0.39, 0.29) is 18.5 Å². The number of rotatable bonds is 7. The molecule has 6 nitrogen and oxygen atoms in total. The highest BCUT2D eigenvalue weighted by molar-refractivity contribution is 5.83. The molecule has 26 heavy (non-hydrogen) atoms. The highest BCUT2D eigenvalue weighted by Gasteiger charge is 2.05. The SMILES string of the molecule is Cc1ccc(CNC(=O)NCC(=O)NCc2ccc(N(C)C)cc2)cc1. The summed E-state index contributed by atoms with van der Waals surface area (Å²) in [5, 5.41) is 8.07. The first-order valence-electron chi connectivity index (χ1n) is 8.54. The molecular weight excluding hydrogens is 328 g/mol. The Bertz CT molecular complexity index is 724. The third kappa shape index (κ3) is 6.47. The van der Waals surface area contributed by atoms with Gasteiger partial charge in [-0.15, -0.1) is 0 Å². The molecule has 3 amide bonds. The van der Waals surface area contributed by atoms with Crippen molar-refractivity contribution >= 4 is 17.6 Å². The van der Waals surface area contributed by atoms with Crippen molar-refractivity contribution in [2.75, 3.05) is 25.5 Å². The number of hydrogen-bond donors (Lipinski definition) is 3. The van der Waals surface area contributed by atoms with E-state index in [2.05, 4.69) is 16.0 Å². The van der Waals surface area contributed by atoms with Crippen LogP contribution in [0.4, 0.5) is 10.5 Å². The summed E-state index contributed by atoms with van der Waals surface area (Å²) in [6.07, 6.45) is 0. The van der Waals surface area contributed by atoms with E-state index >= 15 is 0 Å². The van der Waals surface area contributed by atoms with Gasteiger partial charge in [0.2, 0.25) is 5.91 Å². The zero-order valence-electron chi connectivity index (χ0n) is 15.5. The fourth-order valence-corrected chi connectivity index (χ4v) is 2.29. The maximum Gasteiger partial charge on any atom is 0.315 e. The number of carbonyl (C=O) groups is 2. The summed E-state index contributed by atoms with van der Waals surface area (Å²) in [5.41, 5.74) is 4.29. The van der Waals surface area contributed by atoms with Crippen LogP contribution in [0.25, 0.3) is 0 Å². The maximum atomic E-state index is 11.8. The van der Waals surface area contributed by atoms with Gasteiger partial charge >= 0.3 is 6.03 Å². The number of nitrogens with one attached hydrogen (secondary N) is 3. The van der Waals surface area contributed by atoms with Crippen LogP contribution >= 0.6 is 0 Å². The molecule has 2 aromatic rings. The lowest BCUT2D eigenvalue weighted by Crippen LogP contribution is -2.41. The van der Waals surface area contributed by atoms with Crippen LogP contribution in [0.15, 0.2) is 48.5 Å². The number of urea groups is 1. The minimum atomic E-state index is -0.365. The fraction of sp³-hybridized carbons (Fsp3) is 0.300. The molecule has 0 aliphatic heterocycles. The summed E-state index contributed by atoms with van der Waals surface area (Å²) >= 11 is 0. The third-order valence-electron chi connectivity index (χ3n) is 3.93.